The molecule has 1 aliphatic heterocycles. The van der Waals surface area contributed by atoms with E-state index in [0.29, 0.717) is 5.56 Å². The van der Waals surface area contributed by atoms with Gasteiger partial charge in [-0.3, -0.25) is 4.79 Å². The van der Waals surface area contributed by atoms with E-state index in [1.807, 2.05) is 6.07 Å². The minimum atomic E-state index is -4.58. The summed E-state index contributed by atoms with van der Waals surface area (Å²) in [5, 5.41) is 5.72. The van der Waals surface area contributed by atoms with Gasteiger partial charge < -0.3 is 15.5 Å². The highest BCUT2D eigenvalue weighted by atomic mass is 19.4. The first-order valence-corrected chi connectivity index (χ1v) is 8.13. The molecule has 1 amide bonds. The number of hydrogen-bond donors (Lipinski definition) is 2. The zero-order valence-corrected chi connectivity index (χ0v) is 14.4. The lowest BCUT2D eigenvalue weighted by Crippen LogP contribution is -2.18. The molecule has 26 heavy (non-hydrogen) atoms. The summed E-state index contributed by atoms with van der Waals surface area (Å²) in [6, 6.07) is 7.55. The molecule has 0 saturated heterocycles. The Morgan fingerprint density at radius 1 is 1.27 bits per heavy atom. The molecule has 0 unspecified atom stereocenters. The van der Waals surface area contributed by atoms with Crippen molar-refractivity contribution in [2.75, 3.05) is 31.3 Å². The second-order valence-corrected chi connectivity index (χ2v) is 6.47. The molecular formula is C18H19F3N4O. The molecule has 3 rings (SSSR count). The third-order valence-corrected chi connectivity index (χ3v) is 3.99. The minimum Gasteiger partial charge on any atom is -0.384 e. The van der Waals surface area contributed by atoms with Crippen LogP contribution in [0.1, 0.15) is 27.3 Å². The second-order valence-electron chi connectivity index (χ2n) is 6.47. The van der Waals surface area contributed by atoms with E-state index in [0.717, 1.165) is 30.3 Å². The number of fused-ring (bicyclic) bond motifs is 1. The van der Waals surface area contributed by atoms with E-state index in [9.17, 15) is 18.0 Å². The lowest BCUT2D eigenvalue weighted by atomic mass is 10.1. The Morgan fingerprint density at radius 3 is 2.73 bits per heavy atom. The number of rotatable bonds is 4. The van der Waals surface area contributed by atoms with Crippen LogP contribution in [-0.2, 0) is 19.1 Å². The summed E-state index contributed by atoms with van der Waals surface area (Å²) in [5.41, 5.74) is 1.67. The average molecular weight is 364 g/mol. The largest absolute Gasteiger partial charge is 0.433 e. The first kappa shape index (κ1) is 18.2. The SMILES string of the molecule is CN(C)Cc1cc(NC(=O)c2ccc3c(c2)NCC3)cc(C(F)(F)F)n1. The number of aromatic nitrogens is 1. The summed E-state index contributed by atoms with van der Waals surface area (Å²) < 4.78 is 39.3. The standard InChI is InChI=1S/C18H19F3N4O/c1-25(2)10-14-8-13(9-16(23-14)18(19,20)21)24-17(26)12-4-3-11-5-6-22-15(11)7-12/h3-4,7-9,22H,5-6,10H2,1-2H3,(H,23,24,26). The molecule has 2 heterocycles. The number of hydrogen-bond acceptors (Lipinski definition) is 4. The number of carbonyl (C=O) groups excluding carboxylic acids is 1. The number of amides is 1. The average Bonchev–Trinajstić information content (AvgIpc) is 3.00. The number of carbonyl (C=O) groups is 1. The van der Waals surface area contributed by atoms with Gasteiger partial charge in [-0.15, -0.1) is 0 Å². The van der Waals surface area contributed by atoms with Gasteiger partial charge in [0.2, 0.25) is 0 Å². The van der Waals surface area contributed by atoms with Crippen LogP contribution in [0.15, 0.2) is 30.3 Å². The van der Waals surface area contributed by atoms with Gasteiger partial charge in [0.1, 0.15) is 5.69 Å². The van der Waals surface area contributed by atoms with Crippen LogP contribution < -0.4 is 10.6 Å². The van der Waals surface area contributed by atoms with Crippen LogP contribution in [0, 0.1) is 0 Å². The third-order valence-electron chi connectivity index (χ3n) is 3.99. The highest BCUT2D eigenvalue weighted by molar-refractivity contribution is 6.05. The summed E-state index contributed by atoms with van der Waals surface area (Å²) >= 11 is 0. The van der Waals surface area contributed by atoms with Crippen LogP contribution >= 0.6 is 0 Å². The Bertz CT molecular complexity index is 834. The third kappa shape index (κ3) is 4.13. The molecule has 0 aliphatic carbocycles. The summed E-state index contributed by atoms with van der Waals surface area (Å²) in [4.78, 5) is 17.8. The summed E-state index contributed by atoms with van der Waals surface area (Å²) in [5.74, 6) is -0.461. The molecule has 0 atom stereocenters. The van der Waals surface area contributed by atoms with Gasteiger partial charge in [0.25, 0.3) is 5.91 Å². The van der Waals surface area contributed by atoms with Gasteiger partial charge in [-0.05, 0) is 50.3 Å². The predicted molar refractivity (Wildman–Crippen MR) is 93.2 cm³/mol. The van der Waals surface area contributed by atoms with Gasteiger partial charge in [0.05, 0.1) is 5.69 Å². The van der Waals surface area contributed by atoms with E-state index >= 15 is 0 Å². The number of benzene rings is 1. The molecule has 1 aromatic carbocycles. The lowest BCUT2D eigenvalue weighted by molar-refractivity contribution is -0.141. The van der Waals surface area contributed by atoms with Crippen molar-refractivity contribution in [3.63, 3.8) is 0 Å². The molecule has 0 fully saturated rings. The van der Waals surface area contributed by atoms with Gasteiger partial charge in [-0.1, -0.05) is 6.07 Å². The molecule has 2 N–H and O–H groups in total. The molecule has 8 heteroatoms. The summed E-state index contributed by atoms with van der Waals surface area (Å²) in [7, 11) is 3.47. The van der Waals surface area contributed by atoms with Gasteiger partial charge in [-0.25, -0.2) is 4.98 Å². The molecule has 0 bridgehead atoms. The van der Waals surface area contributed by atoms with Crippen molar-refractivity contribution in [2.24, 2.45) is 0 Å². The summed E-state index contributed by atoms with van der Waals surface area (Å²) in [6.07, 6.45) is -3.69. The van der Waals surface area contributed by atoms with Crippen LogP contribution in [0.4, 0.5) is 24.5 Å². The lowest BCUT2D eigenvalue weighted by Gasteiger charge is -2.15. The normalized spacial score (nSPS) is 13.5. The van der Waals surface area contributed by atoms with Crippen LogP contribution in [0.25, 0.3) is 0 Å². The fourth-order valence-electron chi connectivity index (χ4n) is 2.85. The first-order chi connectivity index (χ1) is 12.2. The molecular weight excluding hydrogens is 345 g/mol. The van der Waals surface area contributed by atoms with Crippen molar-refractivity contribution in [1.82, 2.24) is 9.88 Å². The van der Waals surface area contributed by atoms with Crippen molar-refractivity contribution in [2.45, 2.75) is 19.1 Å². The quantitative estimate of drug-likeness (QED) is 0.873. The molecule has 0 radical (unpaired) electrons. The van der Waals surface area contributed by atoms with E-state index in [-0.39, 0.29) is 17.9 Å². The number of halogens is 3. The Hall–Kier alpha value is -2.61. The molecule has 5 nitrogen and oxygen atoms in total. The van der Waals surface area contributed by atoms with E-state index in [1.165, 1.54) is 6.07 Å². The fraction of sp³-hybridized carbons (Fsp3) is 0.333. The second kappa shape index (κ2) is 6.95. The predicted octanol–water partition coefficient (Wildman–Crippen LogP) is 3.38. The van der Waals surface area contributed by atoms with Gasteiger partial charge in [0.15, 0.2) is 0 Å². The zero-order valence-electron chi connectivity index (χ0n) is 14.4. The van der Waals surface area contributed by atoms with Crippen molar-refractivity contribution >= 4 is 17.3 Å². The van der Waals surface area contributed by atoms with Crippen LogP contribution in [0.2, 0.25) is 0 Å². The van der Waals surface area contributed by atoms with Crippen molar-refractivity contribution in [3.8, 4) is 0 Å². The number of alkyl halides is 3. The molecule has 0 saturated carbocycles. The monoisotopic (exact) mass is 364 g/mol. The molecule has 1 aromatic heterocycles. The van der Waals surface area contributed by atoms with E-state index in [2.05, 4.69) is 15.6 Å². The van der Waals surface area contributed by atoms with Crippen molar-refractivity contribution < 1.29 is 18.0 Å². The topological polar surface area (TPSA) is 57.3 Å². The Labute approximate surface area is 149 Å². The van der Waals surface area contributed by atoms with Crippen LogP contribution in [0.5, 0.6) is 0 Å². The van der Waals surface area contributed by atoms with E-state index in [4.69, 9.17) is 0 Å². The highest BCUT2D eigenvalue weighted by Crippen LogP contribution is 2.30. The number of pyridine rings is 1. The highest BCUT2D eigenvalue weighted by Gasteiger charge is 2.33. The van der Waals surface area contributed by atoms with Crippen LogP contribution in [-0.4, -0.2) is 36.4 Å². The smallest absolute Gasteiger partial charge is 0.384 e. The number of nitrogens with one attached hydrogen (secondary N) is 2. The molecule has 0 spiro atoms. The Balaban J connectivity index is 1.87. The first-order valence-electron chi connectivity index (χ1n) is 8.13. The molecule has 138 valence electrons. The van der Waals surface area contributed by atoms with Gasteiger partial charge in [-0.2, -0.15) is 13.2 Å². The number of nitrogens with zero attached hydrogens (tertiary/aromatic N) is 2. The maximum Gasteiger partial charge on any atom is 0.433 e. The molecule has 1 aliphatic rings. The fourth-order valence-corrected chi connectivity index (χ4v) is 2.85. The Kier molecular flexibility index (Phi) is 4.86. The number of anilines is 2. The maximum absolute atomic E-state index is 13.1. The molecule has 2 aromatic rings. The summed E-state index contributed by atoms with van der Waals surface area (Å²) in [6.45, 7) is 1.04. The van der Waals surface area contributed by atoms with Crippen molar-refractivity contribution in [3.05, 3.63) is 52.8 Å². The van der Waals surface area contributed by atoms with Crippen LogP contribution in [0.3, 0.4) is 0 Å². The van der Waals surface area contributed by atoms with Gasteiger partial charge in [0, 0.05) is 30.0 Å². The minimum absolute atomic E-state index is 0.0719. The Morgan fingerprint density at radius 2 is 2.04 bits per heavy atom. The van der Waals surface area contributed by atoms with E-state index in [1.54, 1.807) is 31.1 Å². The van der Waals surface area contributed by atoms with Crippen molar-refractivity contribution in [1.29, 1.82) is 0 Å². The van der Waals surface area contributed by atoms with E-state index < -0.39 is 17.8 Å². The maximum atomic E-state index is 13.1. The zero-order chi connectivity index (χ0) is 18.9. The van der Waals surface area contributed by atoms with Gasteiger partial charge >= 0.3 is 6.18 Å².